The molecular weight excluding hydrogens is 380 g/mol. The zero-order valence-corrected chi connectivity index (χ0v) is 16.1. The number of ether oxygens (including phenoxy) is 2. The van der Waals surface area contributed by atoms with Crippen molar-refractivity contribution < 1.29 is 22.7 Å². The molecule has 140 valence electrons. The molecule has 2 N–H and O–H groups in total. The van der Waals surface area contributed by atoms with E-state index in [1.165, 1.54) is 38.3 Å². The minimum absolute atomic E-state index is 0.0493. The third-order valence-corrected chi connectivity index (χ3v) is 4.88. The highest BCUT2D eigenvalue weighted by Gasteiger charge is 2.19. The number of rotatable bonds is 7. The molecule has 0 radical (unpaired) electrons. The Morgan fingerprint density at radius 1 is 1.12 bits per heavy atom. The van der Waals surface area contributed by atoms with Gasteiger partial charge in [-0.15, -0.1) is 0 Å². The van der Waals surface area contributed by atoms with Crippen molar-refractivity contribution in [2.75, 3.05) is 23.8 Å². The second kappa shape index (κ2) is 8.29. The van der Waals surface area contributed by atoms with Gasteiger partial charge < -0.3 is 14.8 Å². The molecule has 0 aliphatic heterocycles. The summed E-state index contributed by atoms with van der Waals surface area (Å²) in [5, 5.41) is 2.92. The van der Waals surface area contributed by atoms with Gasteiger partial charge in [0.25, 0.3) is 10.0 Å². The minimum Gasteiger partial charge on any atom is -0.495 e. The molecule has 1 amide bonds. The fourth-order valence-electron chi connectivity index (χ4n) is 2.21. The standard InChI is InChI=1S/C17H19ClN2O5S/c1-4-25-17-8-6-13(10-14(17)19-11(2)21)26(22,23)20-15-9-12(18)5-7-16(15)24-3/h5-10,20H,4H2,1-3H3,(H,19,21). The normalized spacial score (nSPS) is 10.9. The molecule has 0 aromatic heterocycles. The highest BCUT2D eigenvalue weighted by atomic mass is 35.5. The van der Waals surface area contributed by atoms with Gasteiger partial charge in [-0.1, -0.05) is 11.6 Å². The lowest BCUT2D eigenvalue weighted by Gasteiger charge is -2.15. The number of halogens is 1. The van der Waals surface area contributed by atoms with Crippen LogP contribution < -0.4 is 19.5 Å². The van der Waals surface area contributed by atoms with Crippen LogP contribution in [0, 0.1) is 0 Å². The molecule has 0 saturated carbocycles. The van der Waals surface area contributed by atoms with Crippen molar-refractivity contribution in [3.8, 4) is 11.5 Å². The first-order valence-electron chi connectivity index (χ1n) is 7.67. The molecule has 7 nitrogen and oxygen atoms in total. The molecule has 9 heteroatoms. The quantitative estimate of drug-likeness (QED) is 0.744. The van der Waals surface area contributed by atoms with E-state index in [1.54, 1.807) is 19.1 Å². The highest BCUT2D eigenvalue weighted by molar-refractivity contribution is 7.92. The molecular formula is C17H19ClN2O5S. The molecule has 0 aliphatic rings. The Morgan fingerprint density at radius 2 is 1.81 bits per heavy atom. The summed E-state index contributed by atoms with van der Waals surface area (Å²) in [7, 11) is -2.52. The first kappa shape index (κ1) is 19.9. The van der Waals surface area contributed by atoms with Crippen LogP contribution in [0.2, 0.25) is 5.02 Å². The summed E-state index contributed by atoms with van der Waals surface area (Å²) in [6.45, 7) is 3.48. The summed E-state index contributed by atoms with van der Waals surface area (Å²) in [4.78, 5) is 11.3. The Kier molecular flexibility index (Phi) is 6.33. The first-order valence-corrected chi connectivity index (χ1v) is 9.53. The summed E-state index contributed by atoms with van der Waals surface area (Å²) in [6, 6.07) is 8.78. The number of amides is 1. The van der Waals surface area contributed by atoms with E-state index in [1.807, 2.05) is 0 Å². The van der Waals surface area contributed by atoms with E-state index in [9.17, 15) is 13.2 Å². The number of hydrogen-bond donors (Lipinski definition) is 2. The van der Waals surface area contributed by atoms with Crippen molar-refractivity contribution in [1.29, 1.82) is 0 Å². The molecule has 2 rings (SSSR count). The smallest absolute Gasteiger partial charge is 0.262 e. The van der Waals surface area contributed by atoms with Crippen molar-refractivity contribution in [3.63, 3.8) is 0 Å². The van der Waals surface area contributed by atoms with Crippen molar-refractivity contribution in [1.82, 2.24) is 0 Å². The Labute approximate surface area is 157 Å². The van der Waals surface area contributed by atoms with E-state index in [0.29, 0.717) is 23.1 Å². The number of benzene rings is 2. The van der Waals surface area contributed by atoms with Crippen molar-refractivity contribution in [3.05, 3.63) is 41.4 Å². The van der Waals surface area contributed by atoms with Crippen molar-refractivity contribution in [2.24, 2.45) is 0 Å². The fourth-order valence-corrected chi connectivity index (χ4v) is 3.47. The SMILES string of the molecule is CCOc1ccc(S(=O)(=O)Nc2cc(Cl)ccc2OC)cc1NC(C)=O. The van der Waals surface area contributed by atoms with Crippen LogP contribution in [-0.2, 0) is 14.8 Å². The van der Waals surface area contributed by atoms with Crippen LogP contribution in [0.25, 0.3) is 0 Å². The van der Waals surface area contributed by atoms with E-state index in [-0.39, 0.29) is 22.2 Å². The van der Waals surface area contributed by atoms with E-state index in [2.05, 4.69) is 10.0 Å². The predicted octanol–water partition coefficient (Wildman–Crippen LogP) is 3.51. The second-order valence-electron chi connectivity index (χ2n) is 5.22. The summed E-state index contributed by atoms with van der Waals surface area (Å²) >= 11 is 5.93. The monoisotopic (exact) mass is 398 g/mol. The number of anilines is 2. The molecule has 0 heterocycles. The van der Waals surface area contributed by atoms with Gasteiger partial charge in [-0.25, -0.2) is 8.42 Å². The Morgan fingerprint density at radius 3 is 2.42 bits per heavy atom. The maximum atomic E-state index is 12.7. The van der Waals surface area contributed by atoms with E-state index < -0.39 is 10.0 Å². The van der Waals surface area contributed by atoms with Crippen LogP contribution in [0.1, 0.15) is 13.8 Å². The number of carbonyl (C=O) groups excluding carboxylic acids is 1. The van der Waals surface area contributed by atoms with Gasteiger partial charge >= 0.3 is 0 Å². The Balaban J connectivity index is 2.42. The highest BCUT2D eigenvalue weighted by Crippen LogP contribution is 2.32. The lowest BCUT2D eigenvalue weighted by Crippen LogP contribution is -2.15. The number of methoxy groups -OCH3 is 1. The summed E-state index contributed by atoms with van der Waals surface area (Å²) in [6.07, 6.45) is 0. The van der Waals surface area contributed by atoms with E-state index >= 15 is 0 Å². The lowest BCUT2D eigenvalue weighted by molar-refractivity contribution is -0.114. The number of hydrogen-bond acceptors (Lipinski definition) is 5. The minimum atomic E-state index is -3.95. The van der Waals surface area contributed by atoms with Gasteiger partial charge in [-0.05, 0) is 43.3 Å². The van der Waals surface area contributed by atoms with Gasteiger partial charge in [0.05, 0.1) is 30.0 Å². The van der Waals surface area contributed by atoms with Gasteiger partial charge in [-0.2, -0.15) is 0 Å². The summed E-state index contributed by atoms with van der Waals surface area (Å²) in [5.41, 5.74) is 0.468. The third-order valence-electron chi connectivity index (χ3n) is 3.28. The van der Waals surface area contributed by atoms with Crippen LogP contribution in [0.15, 0.2) is 41.3 Å². The summed E-state index contributed by atoms with van der Waals surface area (Å²) < 4.78 is 38.4. The third kappa shape index (κ3) is 4.80. The average Bonchev–Trinajstić information content (AvgIpc) is 2.56. The van der Waals surface area contributed by atoms with Crippen LogP contribution in [-0.4, -0.2) is 28.0 Å². The largest absolute Gasteiger partial charge is 0.495 e. The van der Waals surface area contributed by atoms with E-state index in [4.69, 9.17) is 21.1 Å². The summed E-state index contributed by atoms with van der Waals surface area (Å²) in [5.74, 6) is 0.359. The van der Waals surface area contributed by atoms with Crippen molar-refractivity contribution >= 4 is 38.9 Å². The Hall–Kier alpha value is -2.45. The average molecular weight is 399 g/mol. The second-order valence-corrected chi connectivity index (χ2v) is 7.34. The number of nitrogens with one attached hydrogen (secondary N) is 2. The van der Waals surface area contributed by atoms with Crippen LogP contribution in [0.5, 0.6) is 11.5 Å². The lowest BCUT2D eigenvalue weighted by atomic mass is 10.3. The van der Waals surface area contributed by atoms with Gasteiger partial charge in [0.1, 0.15) is 11.5 Å². The maximum Gasteiger partial charge on any atom is 0.262 e. The zero-order chi connectivity index (χ0) is 19.3. The molecule has 2 aromatic carbocycles. The maximum absolute atomic E-state index is 12.7. The van der Waals surface area contributed by atoms with Crippen LogP contribution in [0.4, 0.5) is 11.4 Å². The van der Waals surface area contributed by atoms with Crippen LogP contribution >= 0.6 is 11.6 Å². The molecule has 0 aliphatic carbocycles. The van der Waals surface area contributed by atoms with Crippen molar-refractivity contribution in [2.45, 2.75) is 18.7 Å². The van der Waals surface area contributed by atoms with Crippen LogP contribution in [0.3, 0.4) is 0 Å². The molecule has 0 atom stereocenters. The topological polar surface area (TPSA) is 93.7 Å². The van der Waals surface area contributed by atoms with Gasteiger partial charge in [0.2, 0.25) is 5.91 Å². The van der Waals surface area contributed by atoms with E-state index in [0.717, 1.165) is 0 Å². The zero-order valence-electron chi connectivity index (χ0n) is 14.5. The molecule has 0 spiro atoms. The molecule has 0 bridgehead atoms. The number of carbonyl (C=O) groups is 1. The van der Waals surface area contributed by atoms with Gasteiger partial charge in [0.15, 0.2) is 0 Å². The first-order chi connectivity index (χ1) is 12.3. The fraction of sp³-hybridized carbons (Fsp3) is 0.235. The molecule has 0 fully saturated rings. The van der Waals surface area contributed by atoms with Gasteiger partial charge in [0, 0.05) is 11.9 Å². The number of sulfonamides is 1. The Bertz CT molecular complexity index is 915. The van der Waals surface area contributed by atoms with Gasteiger partial charge in [-0.3, -0.25) is 9.52 Å². The molecule has 26 heavy (non-hydrogen) atoms. The molecule has 2 aromatic rings. The molecule has 0 saturated heterocycles. The molecule has 0 unspecified atom stereocenters. The predicted molar refractivity (Wildman–Crippen MR) is 101 cm³/mol.